The van der Waals surface area contributed by atoms with Gasteiger partial charge in [-0.1, -0.05) is 0 Å². The molecule has 8 nitrogen and oxygen atoms in total. The van der Waals surface area contributed by atoms with Crippen LogP contribution in [0.15, 0.2) is 24.7 Å². The van der Waals surface area contributed by atoms with Gasteiger partial charge < -0.3 is 15.2 Å². The lowest BCUT2D eigenvalue weighted by Gasteiger charge is -2.09. The molecule has 1 aliphatic rings. The number of halogens is 3. The Morgan fingerprint density at radius 3 is 2.72 bits per heavy atom. The lowest BCUT2D eigenvalue weighted by atomic mass is 10.4. The summed E-state index contributed by atoms with van der Waals surface area (Å²) in [5.74, 6) is -0.328. The van der Waals surface area contributed by atoms with Crippen molar-refractivity contribution in [3.05, 3.63) is 24.7 Å². The highest BCUT2D eigenvalue weighted by Crippen LogP contribution is 2.40. The third-order valence-electron chi connectivity index (χ3n) is 3.52. The zero-order valence-corrected chi connectivity index (χ0v) is 12.6. The van der Waals surface area contributed by atoms with Gasteiger partial charge in [0.1, 0.15) is 23.3 Å². The maximum atomic E-state index is 12.3. The normalized spacial score (nSPS) is 14.7. The Morgan fingerprint density at radius 2 is 2.00 bits per heavy atom. The number of fused-ring (bicyclic) bond motifs is 1. The molecule has 25 heavy (non-hydrogen) atoms. The average molecular weight is 352 g/mol. The number of pyridine rings is 1. The molecule has 0 bridgehead atoms. The van der Waals surface area contributed by atoms with Gasteiger partial charge in [0.15, 0.2) is 5.65 Å². The van der Waals surface area contributed by atoms with Crippen LogP contribution in [0, 0.1) is 0 Å². The van der Waals surface area contributed by atoms with Crippen molar-refractivity contribution in [2.75, 3.05) is 5.73 Å². The third kappa shape index (κ3) is 3.12. The molecular formula is C14H11F3N6O2. The molecule has 4 rings (SSSR count). The summed E-state index contributed by atoms with van der Waals surface area (Å²) in [5.41, 5.74) is 6.39. The minimum Gasteiger partial charge on any atom is -0.418 e. The Bertz CT molecular complexity index is 938. The van der Waals surface area contributed by atoms with Crippen LogP contribution in [0.4, 0.5) is 19.0 Å². The van der Waals surface area contributed by atoms with Crippen molar-refractivity contribution in [1.82, 2.24) is 24.7 Å². The van der Waals surface area contributed by atoms with Gasteiger partial charge in [-0.15, -0.1) is 18.3 Å². The molecule has 1 aliphatic carbocycles. The van der Waals surface area contributed by atoms with Crippen molar-refractivity contribution in [2.24, 2.45) is 0 Å². The number of rotatable bonds is 4. The van der Waals surface area contributed by atoms with Crippen molar-refractivity contribution >= 4 is 16.9 Å². The fraction of sp³-hybridized carbons (Fsp3) is 0.286. The maximum absolute atomic E-state index is 12.3. The van der Waals surface area contributed by atoms with Crippen LogP contribution >= 0.6 is 0 Å². The van der Waals surface area contributed by atoms with E-state index < -0.39 is 12.1 Å². The Hall–Kier alpha value is -3.11. The Balaban J connectivity index is 1.70. The number of ether oxygens (including phenoxy) is 2. The van der Waals surface area contributed by atoms with E-state index in [0.717, 1.165) is 31.2 Å². The van der Waals surface area contributed by atoms with Crippen LogP contribution in [0.5, 0.6) is 17.5 Å². The molecular weight excluding hydrogens is 341 g/mol. The average Bonchev–Trinajstić information content (AvgIpc) is 3.29. The Morgan fingerprint density at radius 1 is 1.20 bits per heavy atom. The molecule has 1 fully saturated rings. The Kier molecular flexibility index (Phi) is 3.37. The zero-order valence-electron chi connectivity index (χ0n) is 12.6. The van der Waals surface area contributed by atoms with Crippen LogP contribution in [0.25, 0.3) is 11.0 Å². The molecule has 0 amide bonds. The number of nitrogens with two attached hydrogens (primary N) is 1. The number of anilines is 1. The summed E-state index contributed by atoms with van der Waals surface area (Å²) in [6, 6.07) is 2.27. The number of aromatic nitrogens is 5. The van der Waals surface area contributed by atoms with E-state index in [1.54, 1.807) is 4.68 Å². The molecule has 2 N–H and O–H groups in total. The van der Waals surface area contributed by atoms with Crippen molar-refractivity contribution in [3.8, 4) is 17.5 Å². The SMILES string of the molecule is Nc1ncnc2c1c(Oc1cc(OC(F)(F)F)ccn1)nn2C1CC1. The molecule has 3 aromatic rings. The van der Waals surface area contributed by atoms with Crippen LogP contribution in [-0.4, -0.2) is 31.1 Å². The van der Waals surface area contributed by atoms with Gasteiger partial charge in [0.25, 0.3) is 5.88 Å². The van der Waals surface area contributed by atoms with Crippen molar-refractivity contribution < 1.29 is 22.6 Å². The van der Waals surface area contributed by atoms with Gasteiger partial charge in [-0.25, -0.2) is 19.6 Å². The standard InChI is InChI=1S/C14H11F3N6O2/c15-14(16,17)25-8-3-4-19-9(5-8)24-13-10-11(18)20-6-21-12(10)23(22-13)7-1-2-7/h3-7H,1-2H2,(H2,18,20,21). The molecule has 1 saturated carbocycles. The first-order chi connectivity index (χ1) is 11.9. The maximum Gasteiger partial charge on any atom is 0.573 e. The van der Waals surface area contributed by atoms with Gasteiger partial charge in [-0.3, -0.25) is 0 Å². The highest BCUT2D eigenvalue weighted by Gasteiger charge is 2.32. The van der Waals surface area contributed by atoms with Crippen LogP contribution in [-0.2, 0) is 0 Å². The van der Waals surface area contributed by atoms with Gasteiger partial charge in [0, 0.05) is 12.3 Å². The fourth-order valence-corrected chi connectivity index (χ4v) is 2.35. The molecule has 0 aromatic carbocycles. The van der Waals surface area contributed by atoms with Crippen LogP contribution in [0.3, 0.4) is 0 Å². The summed E-state index contributed by atoms with van der Waals surface area (Å²) >= 11 is 0. The van der Waals surface area contributed by atoms with E-state index in [1.807, 2.05) is 0 Å². The van der Waals surface area contributed by atoms with E-state index in [4.69, 9.17) is 10.5 Å². The summed E-state index contributed by atoms with van der Waals surface area (Å²) in [6.45, 7) is 0. The van der Waals surface area contributed by atoms with E-state index in [0.29, 0.717) is 11.0 Å². The summed E-state index contributed by atoms with van der Waals surface area (Å²) in [5, 5.41) is 4.71. The highest BCUT2D eigenvalue weighted by molar-refractivity contribution is 5.90. The van der Waals surface area contributed by atoms with E-state index in [9.17, 15) is 13.2 Å². The molecule has 0 aliphatic heterocycles. The predicted octanol–water partition coefficient (Wildman–Crippen LogP) is 2.83. The van der Waals surface area contributed by atoms with Gasteiger partial charge in [0.05, 0.1) is 6.04 Å². The summed E-state index contributed by atoms with van der Waals surface area (Å²) in [6.07, 6.45) is -0.452. The summed E-state index contributed by atoms with van der Waals surface area (Å²) in [7, 11) is 0. The number of hydrogen-bond donors (Lipinski definition) is 1. The molecule has 0 atom stereocenters. The van der Waals surface area contributed by atoms with Gasteiger partial charge in [0.2, 0.25) is 5.88 Å². The summed E-state index contributed by atoms with van der Waals surface area (Å²) in [4.78, 5) is 11.9. The molecule has 0 radical (unpaired) electrons. The second-order valence-electron chi connectivity index (χ2n) is 5.42. The van der Waals surface area contributed by atoms with E-state index in [1.165, 1.54) is 6.33 Å². The largest absolute Gasteiger partial charge is 0.573 e. The zero-order chi connectivity index (χ0) is 17.6. The minimum atomic E-state index is -4.81. The highest BCUT2D eigenvalue weighted by atomic mass is 19.4. The van der Waals surface area contributed by atoms with Crippen LogP contribution in [0.1, 0.15) is 18.9 Å². The fourth-order valence-electron chi connectivity index (χ4n) is 2.35. The third-order valence-corrected chi connectivity index (χ3v) is 3.52. The van der Waals surface area contributed by atoms with Gasteiger partial charge >= 0.3 is 6.36 Å². The van der Waals surface area contributed by atoms with Gasteiger partial charge in [-0.2, -0.15) is 0 Å². The second kappa shape index (κ2) is 5.46. The Labute approximate surface area is 138 Å². The molecule has 11 heteroatoms. The van der Waals surface area contributed by atoms with E-state index in [-0.39, 0.29) is 23.6 Å². The number of nitrogens with zero attached hydrogens (tertiary/aromatic N) is 5. The smallest absolute Gasteiger partial charge is 0.418 e. The summed E-state index contributed by atoms with van der Waals surface area (Å²) < 4.78 is 48.0. The first-order valence-corrected chi connectivity index (χ1v) is 7.29. The van der Waals surface area contributed by atoms with Crippen LogP contribution in [0.2, 0.25) is 0 Å². The molecule has 0 unspecified atom stereocenters. The molecule has 130 valence electrons. The number of hydrogen-bond acceptors (Lipinski definition) is 7. The first-order valence-electron chi connectivity index (χ1n) is 7.29. The first kappa shape index (κ1) is 15.4. The van der Waals surface area contributed by atoms with Crippen molar-refractivity contribution in [1.29, 1.82) is 0 Å². The number of nitrogen functional groups attached to an aromatic ring is 1. The lowest BCUT2D eigenvalue weighted by molar-refractivity contribution is -0.274. The van der Waals surface area contributed by atoms with Crippen molar-refractivity contribution in [2.45, 2.75) is 25.2 Å². The van der Waals surface area contributed by atoms with Crippen LogP contribution < -0.4 is 15.2 Å². The number of alkyl halides is 3. The molecule has 0 spiro atoms. The molecule has 3 heterocycles. The molecule has 0 saturated heterocycles. The predicted molar refractivity (Wildman–Crippen MR) is 79.0 cm³/mol. The molecule has 3 aromatic heterocycles. The van der Waals surface area contributed by atoms with Crippen molar-refractivity contribution in [3.63, 3.8) is 0 Å². The van der Waals surface area contributed by atoms with E-state index >= 15 is 0 Å². The van der Waals surface area contributed by atoms with Gasteiger partial charge in [-0.05, 0) is 18.9 Å². The minimum absolute atomic E-state index is 0.0802. The quantitative estimate of drug-likeness (QED) is 0.770. The topological polar surface area (TPSA) is 101 Å². The monoisotopic (exact) mass is 352 g/mol. The lowest BCUT2D eigenvalue weighted by Crippen LogP contribution is -2.17. The van der Waals surface area contributed by atoms with E-state index in [2.05, 4.69) is 24.8 Å². The second-order valence-corrected chi connectivity index (χ2v) is 5.42.